The molecule has 0 rings (SSSR count). The van der Waals surface area contributed by atoms with Crippen molar-refractivity contribution in [2.45, 2.75) is 13.0 Å². The number of carbonyl (C=O) groups is 1. The average molecular weight is 251 g/mol. The van der Waals surface area contributed by atoms with Gasteiger partial charge in [-0.2, -0.15) is 0 Å². The summed E-state index contributed by atoms with van der Waals surface area (Å²) < 4.78 is 7.62. The van der Waals surface area contributed by atoms with Gasteiger partial charge in [-0.1, -0.05) is 11.9 Å². The first-order valence-corrected chi connectivity index (χ1v) is 4.60. The monoisotopic (exact) mass is 250 g/mol. The molecule has 0 aliphatic rings. The Balaban J connectivity index is -0.000000500. The molecular weight excluding hydrogens is 235 g/mol. The molecule has 82 valence electrons. The van der Waals surface area contributed by atoms with Crippen molar-refractivity contribution in [2.75, 3.05) is 19.4 Å². The second kappa shape index (κ2) is 12.3. The summed E-state index contributed by atoms with van der Waals surface area (Å²) in [6, 6.07) is -0.267. The number of halogens is 2. The van der Waals surface area contributed by atoms with E-state index in [0.29, 0.717) is 13.2 Å². The summed E-state index contributed by atoms with van der Waals surface area (Å²) in [4.78, 5) is 10.9. The van der Waals surface area contributed by atoms with Gasteiger partial charge >= 0.3 is 5.97 Å². The van der Waals surface area contributed by atoms with E-state index in [9.17, 15) is 4.79 Å². The molecule has 0 bridgehead atoms. The van der Waals surface area contributed by atoms with E-state index in [-0.39, 0.29) is 36.8 Å². The molecule has 0 amide bonds. The maximum atomic E-state index is 10.9. The molecule has 0 unspecified atom stereocenters. The third-order valence-corrected chi connectivity index (χ3v) is 1.60. The van der Waals surface area contributed by atoms with Crippen LogP contribution in [0, 0.1) is 0 Å². The van der Waals surface area contributed by atoms with Gasteiger partial charge in [0.05, 0.1) is 0 Å². The van der Waals surface area contributed by atoms with E-state index in [0.717, 1.165) is 0 Å². The molecule has 0 aromatic heterocycles. The molecule has 0 heterocycles. The van der Waals surface area contributed by atoms with Crippen molar-refractivity contribution in [3.8, 4) is 0 Å². The van der Waals surface area contributed by atoms with Crippen LogP contribution in [0.15, 0.2) is 0 Å². The summed E-state index contributed by atoms with van der Waals surface area (Å²) in [5.74, 6) is -0.259. The van der Waals surface area contributed by atoms with Crippen molar-refractivity contribution < 1.29 is 9.53 Å². The molecule has 0 aliphatic heterocycles. The topological polar surface area (TPSA) is 64.3 Å². The maximum Gasteiger partial charge on any atom is 0.323 e. The van der Waals surface area contributed by atoms with E-state index in [4.69, 9.17) is 10.5 Å². The zero-order valence-electron chi connectivity index (χ0n) is 7.61. The molecular formula is C6H16Cl2N2O2S. The number of rotatable bonds is 5. The smallest absolute Gasteiger partial charge is 0.323 e. The van der Waals surface area contributed by atoms with Gasteiger partial charge in [-0.05, 0) is 13.2 Å². The Hall–Kier alpha value is 0.320. The van der Waals surface area contributed by atoms with E-state index < -0.39 is 0 Å². The second-order valence-corrected chi connectivity index (χ2v) is 2.64. The number of hydrogen-bond donors (Lipinski definition) is 2. The highest BCUT2D eigenvalue weighted by molar-refractivity contribution is 7.96. The molecule has 0 aliphatic carbocycles. The van der Waals surface area contributed by atoms with E-state index in [1.165, 1.54) is 11.9 Å². The lowest BCUT2D eigenvalue weighted by molar-refractivity contribution is -0.144. The lowest BCUT2D eigenvalue weighted by atomic mass is 10.4. The van der Waals surface area contributed by atoms with Gasteiger partial charge < -0.3 is 10.5 Å². The summed E-state index contributed by atoms with van der Waals surface area (Å²) >= 11 is 1.39. The van der Waals surface area contributed by atoms with Crippen LogP contribution >= 0.6 is 36.8 Å². The molecule has 0 aromatic rings. The molecule has 4 nitrogen and oxygen atoms in total. The predicted octanol–water partition coefficient (Wildman–Crippen LogP) is 0.588. The van der Waals surface area contributed by atoms with Crippen molar-refractivity contribution in [3.63, 3.8) is 0 Å². The lowest BCUT2D eigenvalue weighted by Crippen LogP contribution is -2.31. The van der Waals surface area contributed by atoms with Crippen LogP contribution in [0.3, 0.4) is 0 Å². The van der Waals surface area contributed by atoms with E-state index in [1.807, 2.05) is 6.26 Å². The average Bonchev–Trinajstić information content (AvgIpc) is 2.00. The van der Waals surface area contributed by atoms with E-state index >= 15 is 0 Å². The summed E-state index contributed by atoms with van der Waals surface area (Å²) in [6.07, 6.45) is 1.85. The SMILES string of the molecule is CSN[C@@H](C)C(=O)OCCN.Cl.Cl. The highest BCUT2D eigenvalue weighted by atomic mass is 35.5. The molecule has 7 heteroatoms. The zero-order chi connectivity index (χ0) is 8.69. The number of hydrogen-bond acceptors (Lipinski definition) is 5. The number of esters is 1. The molecule has 0 saturated carbocycles. The van der Waals surface area contributed by atoms with Gasteiger partial charge in [0.25, 0.3) is 0 Å². The summed E-state index contributed by atoms with van der Waals surface area (Å²) in [5.41, 5.74) is 5.15. The Morgan fingerprint density at radius 3 is 2.54 bits per heavy atom. The zero-order valence-corrected chi connectivity index (χ0v) is 10.1. The molecule has 0 spiro atoms. The van der Waals surface area contributed by atoms with Crippen molar-refractivity contribution in [1.29, 1.82) is 0 Å². The first-order chi connectivity index (χ1) is 5.22. The van der Waals surface area contributed by atoms with Crippen LogP contribution in [-0.4, -0.2) is 31.4 Å². The second-order valence-electron chi connectivity index (χ2n) is 2.00. The fraction of sp³-hybridized carbons (Fsp3) is 0.833. The Kier molecular flexibility index (Phi) is 18.0. The van der Waals surface area contributed by atoms with Gasteiger partial charge in [-0.3, -0.25) is 9.52 Å². The van der Waals surface area contributed by atoms with Gasteiger partial charge in [0.15, 0.2) is 0 Å². The lowest BCUT2D eigenvalue weighted by Gasteiger charge is -2.09. The first kappa shape index (κ1) is 19.0. The molecule has 0 fully saturated rings. The molecule has 0 aromatic carbocycles. The van der Waals surface area contributed by atoms with E-state index in [2.05, 4.69) is 4.72 Å². The Labute approximate surface area is 95.3 Å². The van der Waals surface area contributed by atoms with Crippen LogP contribution < -0.4 is 10.5 Å². The minimum absolute atomic E-state index is 0. The third-order valence-electron chi connectivity index (χ3n) is 1.01. The Morgan fingerprint density at radius 2 is 2.15 bits per heavy atom. The van der Waals surface area contributed by atoms with Gasteiger partial charge in [-0.25, -0.2) is 0 Å². The van der Waals surface area contributed by atoms with Crippen LogP contribution in [0.25, 0.3) is 0 Å². The minimum atomic E-state index is -0.267. The Morgan fingerprint density at radius 1 is 1.62 bits per heavy atom. The predicted molar refractivity (Wildman–Crippen MR) is 60.6 cm³/mol. The molecule has 1 atom stereocenters. The number of carbonyl (C=O) groups excluding carboxylic acids is 1. The minimum Gasteiger partial charge on any atom is -0.463 e. The molecule has 0 saturated heterocycles. The van der Waals surface area contributed by atoms with Gasteiger partial charge in [0.1, 0.15) is 12.6 Å². The van der Waals surface area contributed by atoms with Crippen LogP contribution in [0.1, 0.15) is 6.92 Å². The van der Waals surface area contributed by atoms with Crippen LogP contribution in [0.5, 0.6) is 0 Å². The highest BCUT2D eigenvalue weighted by Crippen LogP contribution is 1.92. The fourth-order valence-corrected chi connectivity index (χ4v) is 0.959. The van der Waals surface area contributed by atoms with Gasteiger partial charge in [0, 0.05) is 6.54 Å². The van der Waals surface area contributed by atoms with Crippen LogP contribution in [0.2, 0.25) is 0 Å². The van der Waals surface area contributed by atoms with Crippen LogP contribution in [0.4, 0.5) is 0 Å². The normalized spacial score (nSPS) is 10.7. The largest absolute Gasteiger partial charge is 0.463 e. The van der Waals surface area contributed by atoms with Gasteiger partial charge in [0.2, 0.25) is 0 Å². The summed E-state index contributed by atoms with van der Waals surface area (Å²) in [5, 5.41) is 0. The van der Waals surface area contributed by atoms with Crippen LogP contribution in [-0.2, 0) is 9.53 Å². The van der Waals surface area contributed by atoms with Crippen molar-refractivity contribution in [1.82, 2.24) is 4.72 Å². The molecule has 13 heavy (non-hydrogen) atoms. The van der Waals surface area contributed by atoms with Gasteiger partial charge in [-0.15, -0.1) is 24.8 Å². The standard InChI is InChI=1S/C6H14N2O2S.2ClH/c1-5(8-11-2)6(9)10-4-3-7;;/h5,8H,3-4,7H2,1-2H3;2*1H/t5-;;/m0../s1. The number of ether oxygens (including phenoxy) is 1. The number of nitrogens with two attached hydrogens (primary N) is 1. The highest BCUT2D eigenvalue weighted by Gasteiger charge is 2.11. The summed E-state index contributed by atoms with van der Waals surface area (Å²) in [7, 11) is 0. The maximum absolute atomic E-state index is 10.9. The molecule has 0 radical (unpaired) electrons. The van der Waals surface area contributed by atoms with E-state index in [1.54, 1.807) is 6.92 Å². The quantitative estimate of drug-likeness (QED) is 0.553. The molecule has 3 N–H and O–H groups in total. The fourth-order valence-electron chi connectivity index (χ4n) is 0.509. The van der Waals surface area contributed by atoms with Crippen molar-refractivity contribution in [3.05, 3.63) is 0 Å². The van der Waals surface area contributed by atoms with Crippen molar-refractivity contribution in [2.24, 2.45) is 5.73 Å². The first-order valence-electron chi connectivity index (χ1n) is 3.37. The number of nitrogens with one attached hydrogen (secondary N) is 1. The Bertz CT molecular complexity index is 129. The third kappa shape index (κ3) is 10.2. The summed E-state index contributed by atoms with van der Waals surface area (Å²) in [6.45, 7) is 2.41. The van der Waals surface area contributed by atoms with Crippen molar-refractivity contribution >= 4 is 42.7 Å².